The molecule has 120 valence electrons. The Morgan fingerprint density at radius 3 is 2.55 bits per heavy atom. The van der Waals surface area contributed by atoms with Gasteiger partial charge in [-0.25, -0.2) is 4.79 Å². The van der Waals surface area contributed by atoms with Gasteiger partial charge >= 0.3 is 6.09 Å². The molecule has 0 radical (unpaired) electrons. The second-order valence-corrected chi connectivity index (χ2v) is 6.29. The van der Waals surface area contributed by atoms with Crippen LogP contribution in [0.15, 0.2) is 24.3 Å². The molecule has 3 rings (SSSR count). The van der Waals surface area contributed by atoms with Crippen molar-refractivity contribution in [1.29, 1.82) is 0 Å². The van der Waals surface area contributed by atoms with Crippen LogP contribution >= 0.6 is 0 Å². The fourth-order valence-corrected chi connectivity index (χ4v) is 3.26. The molecule has 1 unspecified atom stereocenters. The summed E-state index contributed by atoms with van der Waals surface area (Å²) < 4.78 is 5.32. The lowest BCUT2D eigenvalue weighted by molar-refractivity contribution is 0.121. The number of carbonyl (C=O) groups is 1. The summed E-state index contributed by atoms with van der Waals surface area (Å²) in [5.74, 6) is 0. The molecule has 5 nitrogen and oxygen atoms in total. The smallest absolute Gasteiger partial charge is 0.409 e. The molecule has 0 aliphatic carbocycles. The molecule has 2 aliphatic heterocycles. The summed E-state index contributed by atoms with van der Waals surface area (Å²) in [5.41, 5.74) is 2.70. The van der Waals surface area contributed by atoms with Crippen LogP contribution in [0.4, 0.5) is 10.5 Å². The standard InChI is InChI=1S/C17H25N3O2/c1-14-5-3-4-6-16(14)20-11-9-19(10-12-20)8-7-15-13-18(2)17(21)22-15/h3-6,15H,7-13H2,1-2H3. The van der Waals surface area contributed by atoms with E-state index in [-0.39, 0.29) is 12.2 Å². The zero-order chi connectivity index (χ0) is 15.5. The van der Waals surface area contributed by atoms with Crippen LogP contribution in [0.1, 0.15) is 12.0 Å². The number of para-hydroxylation sites is 1. The first-order valence-corrected chi connectivity index (χ1v) is 8.08. The minimum atomic E-state index is -0.186. The van der Waals surface area contributed by atoms with Crippen molar-refractivity contribution in [1.82, 2.24) is 9.80 Å². The van der Waals surface area contributed by atoms with E-state index < -0.39 is 0 Å². The van der Waals surface area contributed by atoms with Gasteiger partial charge < -0.3 is 14.5 Å². The number of hydrogen-bond acceptors (Lipinski definition) is 4. The van der Waals surface area contributed by atoms with E-state index >= 15 is 0 Å². The van der Waals surface area contributed by atoms with Gasteiger partial charge in [0.25, 0.3) is 0 Å². The topological polar surface area (TPSA) is 36.0 Å². The highest BCUT2D eigenvalue weighted by Crippen LogP contribution is 2.21. The van der Waals surface area contributed by atoms with Crippen LogP contribution in [-0.4, -0.2) is 68.3 Å². The molecule has 1 aromatic rings. The highest BCUT2D eigenvalue weighted by molar-refractivity contribution is 5.69. The van der Waals surface area contributed by atoms with Crippen LogP contribution < -0.4 is 4.90 Å². The Hall–Kier alpha value is -1.75. The van der Waals surface area contributed by atoms with Crippen molar-refractivity contribution in [3.63, 3.8) is 0 Å². The molecule has 0 N–H and O–H groups in total. The van der Waals surface area contributed by atoms with Gasteiger partial charge in [0.1, 0.15) is 6.10 Å². The predicted molar refractivity (Wildman–Crippen MR) is 87.3 cm³/mol. The Kier molecular flexibility index (Phi) is 4.52. The van der Waals surface area contributed by atoms with Crippen LogP contribution in [0.2, 0.25) is 0 Å². The third-order valence-electron chi connectivity index (χ3n) is 4.65. The molecule has 0 aromatic heterocycles. The summed E-state index contributed by atoms with van der Waals surface area (Å²) in [6.07, 6.45) is 0.807. The van der Waals surface area contributed by atoms with E-state index in [1.54, 1.807) is 11.9 Å². The van der Waals surface area contributed by atoms with Crippen molar-refractivity contribution in [2.75, 3.05) is 51.2 Å². The fourth-order valence-electron chi connectivity index (χ4n) is 3.26. The monoisotopic (exact) mass is 303 g/mol. The maximum Gasteiger partial charge on any atom is 0.409 e. The number of hydrogen-bond donors (Lipinski definition) is 0. The molecule has 2 saturated heterocycles. The number of piperazine rings is 1. The molecular formula is C17H25N3O2. The van der Waals surface area contributed by atoms with Crippen LogP contribution in [0.25, 0.3) is 0 Å². The summed E-state index contributed by atoms with van der Waals surface area (Å²) in [5, 5.41) is 0. The molecule has 1 aromatic carbocycles. The number of carbonyl (C=O) groups excluding carboxylic acids is 1. The van der Waals surface area contributed by atoms with Crippen LogP contribution in [0, 0.1) is 6.92 Å². The van der Waals surface area contributed by atoms with E-state index in [2.05, 4.69) is 41.0 Å². The second kappa shape index (κ2) is 6.57. The lowest BCUT2D eigenvalue weighted by Gasteiger charge is -2.37. The predicted octanol–water partition coefficient (Wildman–Crippen LogP) is 1.96. The number of ether oxygens (including phenoxy) is 1. The molecule has 2 fully saturated rings. The molecule has 0 saturated carbocycles. The average molecular weight is 303 g/mol. The van der Waals surface area contributed by atoms with Crippen molar-refractivity contribution in [2.24, 2.45) is 0 Å². The lowest BCUT2D eigenvalue weighted by atomic mass is 10.1. The highest BCUT2D eigenvalue weighted by Gasteiger charge is 2.28. The van der Waals surface area contributed by atoms with E-state index in [4.69, 9.17) is 4.74 Å². The number of benzene rings is 1. The first kappa shape index (κ1) is 15.2. The summed E-state index contributed by atoms with van der Waals surface area (Å²) in [6, 6.07) is 8.58. The van der Waals surface area contributed by atoms with Crippen molar-refractivity contribution in [3.05, 3.63) is 29.8 Å². The number of rotatable bonds is 4. The minimum Gasteiger partial charge on any atom is -0.444 e. The maximum absolute atomic E-state index is 11.4. The number of nitrogens with zero attached hydrogens (tertiary/aromatic N) is 3. The normalized spacial score (nSPS) is 23.0. The zero-order valence-electron chi connectivity index (χ0n) is 13.5. The quantitative estimate of drug-likeness (QED) is 0.852. The van der Waals surface area contributed by atoms with Gasteiger partial charge in [0.15, 0.2) is 0 Å². The summed E-state index contributed by atoms with van der Waals surface area (Å²) in [4.78, 5) is 17.9. The first-order chi connectivity index (χ1) is 10.6. The van der Waals surface area contributed by atoms with Crippen LogP contribution in [0.5, 0.6) is 0 Å². The van der Waals surface area contributed by atoms with Gasteiger partial charge in [0.2, 0.25) is 0 Å². The fraction of sp³-hybridized carbons (Fsp3) is 0.588. The van der Waals surface area contributed by atoms with Gasteiger partial charge in [0.05, 0.1) is 6.54 Å². The van der Waals surface area contributed by atoms with Crippen molar-refractivity contribution in [2.45, 2.75) is 19.4 Å². The molecule has 0 spiro atoms. The molecule has 2 heterocycles. The summed E-state index contributed by atoms with van der Waals surface area (Å²) >= 11 is 0. The maximum atomic E-state index is 11.4. The minimum absolute atomic E-state index is 0.0619. The molecule has 0 bridgehead atoms. The van der Waals surface area contributed by atoms with Gasteiger partial charge in [-0.2, -0.15) is 0 Å². The number of aryl methyl sites for hydroxylation is 1. The largest absolute Gasteiger partial charge is 0.444 e. The molecule has 22 heavy (non-hydrogen) atoms. The van der Waals surface area contributed by atoms with Gasteiger partial charge in [-0.1, -0.05) is 18.2 Å². The average Bonchev–Trinajstić information content (AvgIpc) is 2.85. The summed E-state index contributed by atoms with van der Waals surface area (Å²) in [6.45, 7) is 8.18. The number of likely N-dealkylation sites (N-methyl/N-ethyl adjacent to an activating group) is 1. The third-order valence-corrected chi connectivity index (χ3v) is 4.65. The van der Waals surface area contributed by atoms with Crippen LogP contribution in [-0.2, 0) is 4.74 Å². The van der Waals surface area contributed by atoms with Gasteiger partial charge in [-0.05, 0) is 25.0 Å². The molecule has 2 aliphatic rings. The Morgan fingerprint density at radius 1 is 1.18 bits per heavy atom. The molecule has 5 heteroatoms. The Morgan fingerprint density at radius 2 is 1.91 bits per heavy atom. The second-order valence-electron chi connectivity index (χ2n) is 6.29. The highest BCUT2D eigenvalue weighted by atomic mass is 16.6. The van der Waals surface area contributed by atoms with Crippen molar-refractivity contribution < 1.29 is 9.53 Å². The van der Waals surface area contributed by atoms with Gasteiger partial charge in [-0.15, -0.1) is 0 Å². The molecule has 1 amide bonds. The molecular weight excluding hydrogens is 278 g/mol. The van der Waals surface area contributed by atoms with E-state index in [1.165, 1.54) is 11.3 Å². The van der Waals surface area contributed by atoms with Gasteiger partial charge in [0, 0.05) is 45.5 Å². The summed E-state index contributed by atoms with van der Waals surface area (Å²) in [7, 11) is 1.79. The third kappa shape index (κ3) is 3.35. The van der Waals surface area contributed by atoms with Gasteiger partial charge in [-0.3, -0.25) is 4.90 Å². The molecule has 1 atom stereocenters. The lowest BCUT2D eigenvalue weighted by Crippen LogP contribution is -2.47. The van der Waals surface area contributed by atoms with E-state index in [9.17, 15) is 4.79 Å². The van der Waals surface area contributed by atoms with Crippen molar-refractivity contribution in [3.8, 4) is 0 Å². The first-order valence-electron chi connectivity index (χ1n) is 8.08. The van der Waals surface area contributed by atoms with E-state index in [0.29, 0.717) is 0 Å². The number of amides is 1. The number of cyclic esters (lactones) is 1. The number of anilines is 1. The van der Waals surface area contributed by atoms with E-state index in [1.807, 2.05) is 0 Å². The van der Waals surface area contributed by atoms with Crippen LogP contribution in [0.3, 0.4) is 0 Å². The Balaban J connectivity index is 1.44. The van der Waals surface area contributed by atoms with Crippen molar-refractivity contribution >= 4 is 11.8 Å². The van der Waals surface area contributed by atoms with E-state index in [0.717, 1.165) is 45.7 Å². The Labute approximate surface area is 132 Å². The SMILES string of the molecule is Cc1ccccc1N1CCN(CCC2CN(C)C(=O)O2)CC1. The zero-order valence-corrected chi connectivity index (χ0v) is 13.5. The Bertz CT molecular complexity index is 526.